The van der Waals surface area contributed by atoms with Crippen molar-refractivity contribution in [2.24, 2.45) is 0 Å². The summed E-state index contributed by atoms with van der Waals surface area (Å²) in [5.74, 6) is 0. The topological polar surface area (TPSA) is 9.86 Å². The van der Waals surface area contributed by atoms with E-state index >= 15 is 0 Å². The fraction of sp³-hybridized carbons (Fsp3) is 0.115. The Morgan fingerprint density at radius 2 is 1.00 bits per heavy atom. The predicted octanol–water partition coefficient (Wildman–Crippen LogP) is 14.5. The predicted molar refractivity (Wildman–Crippen MR) is 235 cm³/mol. The number of para-hydroxylation sites is 2. The molecule has 0 aliphatic heterocycles. The molecular formula is C52H48N2. The van der Waals surface area contributed by atoms with Crippen LogP contribution in [0.4, 0.5) is 0 Å². The molecule has 266 valence electrons. The van der Waals surface area contributed by atoms with Crippen LogP contribution in [0.2, 0.25) is 0 Å². The summed E-state index contributed by atoms with van der Waals surface area (Å²) >= 11 is 0. The molecule has 0 amide bonds. The molecule has 0 saturated heterocycles. The van der Waals surface area contributed by atoms with Crippen molar-refractivity contribution in [3.8, 4) is 44.8 Å². The SMILES string of the molecule is C=CC=CCc1c(C)c2ccccc2n1-c1cccc(-c2cccc(-c3cccc(-c4cccc(-n5c(C)c(/C=C\C)c6ccccc65)c4)c3)c2)c1.CC. The molecule has 0 unspecified atom stereocenters. The van der Waals surface area contributed by atoms with Crippen molar-refractivity contribution >= 4 is 27.9 Å². The molecule has 0 radical (unpaired) electrons. The van der Waals surface area contributed by atoms with Crippen molar-refractivity contribution in [2.75, 3.05) is 0 Å². The Morgan fingerprint density at radius 1 is 0.537 bits per heavy atom. The highest BCUT2D eigenvalue weighted by atomic mass is 15.0. The molecule has 2 heteroatoms. The van der Waals surface area contributed by atoms with Crippen molar-refractivity contribution in [1.29, 1.82) is 0 Å². The zero-order chi connectivity index (χ0) is 37.6. The van der Waals surface area contributed by atoms with Crippen LogP contribution in [0.15, 0.2) is 176 Å². The first-order chi connectivity index (χ1) is 26.6. The standard InChI is InChI=1S/C50H42N2.C2H6/c1-5-7-8-28-48-35(3)45-26-9-11-29-49(45)52(48)44-25-16-23-42(34-44)40-21-14-19-38(32-40)37-18-13-20-39(31-37)41-22-15-24-43(33-41)51-36(4)46(17-6-2)47-27-10-12-30-50(47)51;1-2/h5-27,29-34H,1,28H2,2-4H3;1-2H3/b8-7?,17-6-;. The lowest BCUT2D eigenvalue weighted by molar-refractivity contribution is 0.990. The summed E-state index contributed by atoms with van der Waals surface area (Å²) < 4.78 is 4.80. The maximum absolute atomic E-state index is 3.87. The number of allylic oxidation sites excluding steroid dienone is 4. The Bertz CT molecular complexity index is 2660. The second-order valence-electron chi connectivity index (χ2n) is 13.4. The fourth-order valence-electron chi connectivity index (χ4n) is 7.78. The van der Waals surface area contributed by atoms with Crippen LogP contribution in [0.1, 0.15) is 43.3 Å². The zero-order valence-corrected chi connectivity index (χ0v) is 32.1. The Hall–Kier alpha value is -6.38. The molecule has 0 bridgehead atoms. The number of benzene rings is 6. The minimum atomic E-state index is 0.838. The van der Waals surface area contributed by atoms with Gasteiger partial charge in [-0.3, -0.25) is 0 Å². The summed E-state index contributed by atoms with van der Waals surface area (Å²) in [5, 5.41) is 2.56. The molecule has 6 aromatic carbocycles. The Labute approximate surface area is 320 Å². The number of aryl methyl sites for hydroxylation is 1. The summed E-state index contributed by atoms with van der Waals surface area (Å²) in [4.78, 5) is 0. The molecule has 0 aliphatic carbocycles. The Kier molecular flexibility index (Phi) is 10.7. The van der Waals surface area contributed by atoms with Crippen LogP contribution in [0.25, 0.3) is 72.6 Å². The number of rotatable bonds is 9. The van der Waals surface area contributed by atoms with Gasteiger partial charge in [-0.25, -0.2) is 0 Å². The third kappa shape index (κ3) is 6.79. The quantitative estimate of drug-likeness (QED) is 0.133. The molecule has 2 nitrogen and oxygen atoms in total. The van der Waals surface area contributed by atoms with Gasteiger partial charge in [-0.15, -0.1) is 0 Å². The van der Waals surface area contributed by atoms with Crippen LogP contribution in [-0.2, 0) is 6.42 Å². The molecule has 2 aromatic heterocycles. The maximum atomic E-state index is 3.87. The van der Waals surface area contributed by atoms with Crippen molar-refractivity contribution in [1.82, 2.24) is 9.13 Å². The fourth-order valence-corrected chi connectivity index (χ4v) is 7.78. The molecule has 0 atom stereocenters. The van der Waals surface area contributed by atoms with Gasteiger partial charge in [0.1, 0.15) is 0 Å². The minimum Gasteiger partial charge on any atom is -0.313 e. The summed E-state index contributed by atoms with van der Waals surface area (Å²) in [6.45, 7) is 14.4. The van der Waals surface area contributed by atoms with E-state index in [0.717, 1.165) is 6.42 Å². The van der Waals surface area contributed by atoms with Crippen molar-refractivity contribution < 1.29 is 0 Å². The summed E-state index contributed by atoms with van der Waals surface area (Å²) in [6, 6.07) is 53.1. The molecule has 8 rings (SSSR count). The molecule has 8 aromatic rings. The molecule has 0 fully saturated rings. The Balaban J connectivity index is 0.00000221. The first-order valence-corrected chi connectivity index (χ1v) is 19.1. The molecule has 0 aliphatic rings. The maximum Gasteiger partial charge on any atom is 0.0537 e. The molecule has 0 spiro atoms. The molecule has 54 heavy (non-hydrogen) atoms. The van der Waals surface area contributed by atoms with Gasteiger partial charge >= 0.3 is 0 Å². The van der Waals surface area contributed by atoms with Crippen LogP contribution in [0, 0.1) is 13.8 Å². The van der Waals surface area contributed by atoms with E-state index in [1.807, 2.05) is 26.0 Å². The van der Waals surface area contributed by atoms with E-state index in [1.54, 1.807) is 0 Å². The third-order valence-electron chi connectivity index (χ3n) is 10.3. The van der Waals surface area contributed by atoms with E-state index in [-0.39, 0.29) is 0 Å². The highest BCUT2D eigenvalue weighted by Gasteiger charge is 2.16. The third-order valence-corrected chi connectivity index (χ3v) is 10.3. The largest absolute Gasteiger partial charge is 0.313 e. The first-order valence-electron chi connectivity index (χ1n) is 19.1. The average molecular weight is 701 g/mol. The van der Waals surface area contributed by atoms with Crippen LogP contribution >= 0.6 is 0 Å². The van der Waals surface area contributed by atoms with E-state index < -0.39 is 0 Å². The van der Waals surface area contributed by atoms with Gasteiger partial charge in [0.15, 0.2) is 0 Å². The molecule has 0 N–H and O–H groups in total. The van der Waals surface area contributed by atoms with Gasteiger partial charge in [-0.2, -0.15) is 0 Å². The van der Waals surface area contributed by atoms with Gasteiger partial charge in [-0.05, 0) is 108 Å². The van der Waals surface area contributed by atoms with Crippen molar-refractivity contribution in [2.45, 2.75) is 41.0 Å². The smallest absolute Gasteiger partial charge is 0.0537 e. The van der Waals surface area contributed by atoms with Gasteiger partial charge in [0.05, 0.1) is 11.0 Å². The summed E-state index contributed by atoms with van der Waals surface area (Å²) in [7, 11) is 0. The van der Waals surface area contributed by atoms with Crippen LogP contribution < -0.4 is 0 Å². The van der Waals surface area contributed by atoms with E-state index in [1.165, 1.54) is 89.1 Å². The highest BCUT2D eigenvalue weighted by molar-refractivity contribution is 5.93. The van der Waals surface area contributed by atoms with Crippen molar-refractivity contribution in [3.63, 3.8) is 0 Å². The van der Waals surface area contributed by atoms with Crippen LogP contribution in [0.5, 0.6) is 0 Å². The minimum absolute atomic E-state index is 0.838. The van der Waals surface area contributed by atoms with Crippen molar-refractivity contribution in [3.05, 3.63) is 199 Å². The molecule has 2 heterocycles. The lowest BCUT2D eigenvalue weighted by Crippen LogP contribution is -2.00. The lowest BCUT2D eigenvalue weighted by atomic mass is 9.96. The monoisotopic (exact) mass is 700 g/mol. The van der Waals surface area contributed by atoms with Gasteiger partial charge in [-0.1, -0.05) is 148 Å². The van der Waals surface area contributed by atoms with Gasteiger partial charge in [0.25, 0.3) is 0 Å². The second kappa shape index (κ2) is 16.1. The number of hydrogen-bond acceptors (Lipinski definition) is 0. The van der Waals surface area contributed by atoms with Crippen LogP contribution in [0.3, 0.4) is 0 Å². The average Bonchev–Trinajstić information content (AvgIpc) is 3.68. The number of fused-ring (bicyclic) bond motifs is 2. The zero-order valence-electron chi connectivity index (χ0n) is 32.1. The normalized spacial score (nSPS) is 11.4. The van der Waals surface area contributed by atoms with E-state index in [0.29, 0.717) is 0 Å². The number of aromatic nitrogens is 2. The second-order valence-corrected chi connectivity index (χ2v) is 13.4. The molecular weight excluding hydrogens is 653 g/mol. The van der Waals surface area contributed by atoms with Gasteiger partial charge in [0.2, 0.25) is 0 Å². The van der Waals surface area contributed by atoms with E-state index in [9.17, 15) is 0 Å². The lowest BCUT2D eigenvalue weighted by Gasteiger charge is -2.14. The highest BCUT2D eigenvalue weighted by Crippen LogP contribution is 2.35. The summed E-state index contributed by atoms with van der Waals surface area (Å²) in [5.41, 5.74) is 17.1. The molecule has 0 saturated carbocycles. The number of hydrogen-bond donors (Lipinski definition) is 0. The number of nitrogens with zero attached hydrogens (tertiary/aromatic N) is 2. The first kappa shape index (κ1) is 36.0. The van der Waals surface area contributed by atoms with Crippen LogP contribution in [-0.4, -0.2) is 9.13 Å². The van der Waals surface area contributed by atoms with Gasteiger partial charge < -0.3 is 9.13 Å². The summed E-state index contributed by atoms with van der Waals surface area (Å²) in [6.07, 6.45) is 11.2. The Morgan fingerprint density at radius 3 is 1.54 bits per heavy atom. The van der Waals surface area contributed by atoms with E-state index in [2.05, 4.69) is 200 Å². The van der Waals surface area contributed by atoms with E-state index in [4.69, 9.17) is 0 Å². The van der Waals surface area contributed by atoms with Gasteiger partial charge in [0, 0.05) is 45.5 Å².